The Labute approximate surface area is 75.5 Å². The van der Waals surface area contributed by atoms with Crippen LogP contribution in [0.15, 0.2) is 24.4 Å². The molecule has 0 atom stereocenters. The van der Waals surface area contributed by atoms with Crippen molar-refractivity contribution in [3.05, 3.63) is 24.4 Å². The maximum Gasteiger partial charge on any atom is -0.000528 e. The molecule has 0 amide bonds. The SMILES string of the molecule is CC.N/C=C\C=C/CC1CNC1. The first-order valence-electron chi connectivity index (χ1n) is 4.67. The van der Waals surface area contributed by atoms with Crippen molar-refractivity contribution in [3.8, 4) is 0 Å². The molecule has 0 aromatic carbocycles. The molecule has 0 aliphatic carbocycles. The summed E-state index contributed by atoms with van der Waals surface area (Å²) < 4.78 is 0. The van der Waals surface area contributed by atoms with Crippen molar-refractivity contribution < 1.29 is 0 Å². The van der Waals surface area contributed by atoms with Crippen LogP contribution >= 0.6 is 0 Å². The first-order chi connectivity index (χ1) is 5.93. The monoisotopic (exact) mass is 168 g/mol. The van der Waals surface area contributed by atoms with Gasteiger partial charge >= 0.3 is 0 Å². The van der Waals surface area contributed by atoms with Gasteiger partial charge in [-0.05, 0) is 37.7 Å². The predicted octanol–water partition coefficient (Wildman–Crippen LogP) is 1.65. The van der Waals surface area contributed by atoms with Crippen LogP contribution in [0.3, 0.4) is 0 Å². The lowest BCUT2D eigenvalue weighted by Crippen LogP contribution is -2.41. The van der Waals surface area contributed by atoms with Crippen LogP contribution in [-0.2, 0) is 0 Å². The zero-order valence-electron chi connectivity index (χ0n) is 8.09. The Bertz CT molecular complexity index is 135. The number of rotatable bonds is 3. The molecule has 0 aromatic heterocycles. The van der Waals surface area contributed by atoms with Crippen LogP contribution in [0.2, 0.25) is 0 Å². The van der Waals surface area contributed by atoms with Crippen LogP contribution in [0.4, 0.5) is 0 Å². The van der Waals surface area contributed by atoms with Gasteiger partial charge in [0.25, 0.3) is 0 Å². The maximum absolute atomic E-state index is 5.15. The standard InChI is InChI=1S/C8H14N2.C2H6/c9-5-3-1-2-4-8-6-10-7-8;1-2/h1-3,5,8,10H,4,6-7,9H2;1-2H3/b2-1-,5-3-;. The maximum atomic E-state index is 5.15. The molecule has 0 radical (unpaired) electrons. The molecule has 1 saturated heterocycles. The quantitative estimate of drug-likeness (QED) is 0.629. The van der Waals surface area contributed by atoms with Gasteiger partial charge in [-0.1, -0.05) is 26.0 Å². The minimum atomic E-state index is 0.863. The Morgan fingerprint density at radius 1 is 1.33 bits per heavy atom. The summed E-state index contributed by atoms with van der Waals surface area (Å²) in [5.74, 6) is 0.863. The molecule has 1 heterocycles. The molecule has 0 spiro atoms. The van der Waals surface area contributed by atoms with Crippen LogP contribution in [0, 0.1) is 5.92 Å². The number of nitrogens with one attached hydrogen (secondary N) is 1. The van der Waals surface area contributed by atoms with Crippen molar-refractivity contribution in [2.75, 3.05) is 13.1 Å². The molecule has 1 fully saturated rings. The van der Waals surface area contributed by atoms with E-state index in [9.17, 15) is 0 Å². The summed E-state index contributed by atoms with van der Waals surface area (Å²) in [7, 11) is 0. The Balaban J connectivity index is 0.000000561. The molecule has 0 bridgehead atoms. The van der Waals surface area contributed by atoms with E-state index in [4.69, 9.17) is 5.73 Å². The second-order valence-corrected chi connectivity index (χ2v) is 2.57. The topological polar surface area (TPSA) is 38.0 Å². The molecule has 1 rings (SSSR count). The Hall–Kier alpha value is -0.760. The average Bonchev–Trinajstić information content (AvgIpc) is 2.05. The highest BCUT2D eigenvalue weighted by atomic mass is 14.9. The third kappa shape index (κ3) is 4.97. The van der Waals surface area contributed by atoms with Crippen molar-refractivity contribution >= 4 is 0 Å². The molecule has 70 valence electrons. The van der Waals surface area contributed by atoms with Gasteiger partial charge in [-0.15, -0.1) is 0 Å². The van der Waals surface area contributed by atoms with Gasteiger partial charge in [-0.3, -0.25) is 0 Å². The van der Waals surface area contributed by atoms with Crippen molar-refractivity contribution in [2.24, 2.45) is 11.7 Å². The van der Waals surface area contributed by atoms with Gasteiger partial charge in [0, 0.05) is 0 Å². The third-order valence-corrected chi connectivity index (χ3v) is 1.69. The van der Waals surface area contributed by atoms with Crippen LogP contribution in [0.1, 0.15) is 20.3 Å². The summed E-state index contributed by atoms with van der Waals surface area (Å²) in [6.07, 6.45) is 8.74. The molecule has 0 unspecified atom stereocenters. The molecule has 12 heavy (non-hydrogen) atoms. The van der Waals surface area contributed by atoms with Crippen molar-refractivity contribution in [1.29, 1.82) is 0 Å². The van der Waals surface area contributed by atoms with E-state index in [-0.39, 0.29) is 0 Å². The largest absolute Gasteiger partial charge is 0.405 e. The number of allylic oxidation sites excluding steroid dienone is 3. The van der Waals surface area contributed by atoms with Crippen LogP contribution in [0.25, 0.3) is 0 Å². The van der Waals surface area contributed by atoms with Gasteiger partial charge in [-0.25, -0.2) is 0 Å². The molecule has 0 aromatic rings. The molecular formula is C10H20N2. The van der Waals surface area contributed by atoms with Crippen LogP contribution in [-0.4, -0.2) is 13.1 Å². The minimum absolute atomic E-state index is 0.863. The molecule has 2 heteroatoms. The molecule has 0 saturated carbocycles. The van der Waals surface area contributed by atoms with E-state index in [2.05, 4.69) is 11.4 Å². The highest BCUT2D eigenvalue weighted by molar-refractivity contribution is 5.01. The lowest BCUT2D eigenvalue weighted by Gasteiger charge is -2.25. The molecular weight excluding hydrogens is 148 g/mol. The first kappa shape index (κ1) is 11.2. The fraction of sp³-hybridized carbons (Fsp3) is 0.600. The van der Waals surface area contributed by atoms with E-state index in [1.807, 2.05) is 26.0 Å². The normalized spacial score (nSPS) is 17.5. The highest BCUT2D eigenvalue weighted by Gasteiger charge is 2.13. The fourth-order valence-electron chi connectivity index (χ4n) is 0.929. The van der Waals surface area contributed by atoms with Crippen LogP contribution < -0.4 is 11.1 Å². The van der Waals surface area contributed by atoms with Crippen LogP contribution in [0.5, 0.6) is 0 Å². The summed E-state index contributed by atoms with van der Waals surface area (Å²) in [6.45, 7) is 6.35. The van der Waals surface area contributed by atoms with Gasteiger partial charge in [-0.2, -0.15) is 0 Å². The fourth-order valence-corrected chi connectivity index (χ4v) is 0.929. The van der Waals surface area contributed by atoms with E-state index in [1.165, 1.54) is 19.5 Å². The summed E-state index contributed by atoms with van der Waals surface area (Å²) in [4.78, 5) is 0. The molecule has 1 aliphatic rings. The highest BCUT2D eigenvalue weighted by Crippen LogP contribution is 2.08. The van der Waals surface area contributed by atoms with E-state index >= 15 is 0 Å². The molecule has 3 N–H and O–H groups in total. The number of nitrogens with two attached hydrogens (primary N) is 1. The Kier molecular flexibility index (Phi) is 7.81. The minimum Gasteiger partial charge on any atom is -0.405 e. The predicted molar refractivity (Wildman–Crippen MR) is 54.8 cm³/mol. The smallest absolute Gasteiger partial charge is 0.000528 e. The summed E-state index contributed by atoms with van der Waals surface area (Å²) in [5.41, 5.74) is 5.15. The summed E-state index contributed by atoms with van der Waals surface area (Å²) in [5, 5.41) is 3.23. The van der Waals surface area contributed by atoms with E-state index in [0.29, 0.717) is 0 Å². The second kappa shape index (κ2) is 8.34. The Morgan fingerprint density at radius 3 is 2.42 bits per heavy atom. The molecule has 2 nitrogen and oxygen atoms in total. The van der Waals surface area contributed by atoms with Crippen molar-refractivity contribution in [1.82, 2.24) is 5.32 Å². The van der Waals surface area contributed by atoms with E-state index in [0.717, 1.165) is 5.92 Å². The Morgan fingerprint density at radius 2 is 2.00 bits per heavy atom. The van der Waals surface area contributed by atoms with Crippen molar-refractivity contribution in [3.63, 3.8) is 0 Å². The number of hydrogen-bond acceptors (Lipinski definition) is 2. The average molecular weight is 168 g/mol. The van der Waals surface area contributed by atoms with Gasteiger partial charge in [0.2, 0.25) is 0 Å². The van der Waals surface area contributed by atoms with E-state index < -0.39 is 0 Å². The zero-order chi connectivity index (χ0) is 9.23. The third-order valence-electron chi connectivity index (χ3n) is 1.69. The lowest BCUT2D eigenvalue weighted by molar-refractivity contribution is 0.352. The zero-order valence-corrected chi connectivity index (χ0v) is 8.09. The first-order valence-corrected chi connectivity index (χ1v) is 4.67. The summed E-state index contributed by atoms with van der Waals surface area (Å²) >= 11 is 0. The van der Waals surface area contributed by atoms with Gasteiger partial charge in [0.15, 0.2) is 0 Å². The lowest BCUT2D eigenvalue weighted by atomic mass is 9.99. The van der Waals surface area contributed by atoms with Gasteiger partial charge in [0.1, 0.15) is 0 Å². The van der Waals surface area contributed by atoms with Crippen molar-refractivity contribution in [2.45, 2.75) is 20.3 Å². The summed E-state index contributed by atoms with van der Waals surface area (Å²) in [6, 6.07) is 0. The van der Waals surface area contributed by atoms with Gasteiger partial charge < -0.3 is 11.1 Å². The van der Waals surface area contributed by atoms with E-state index in [1.54, 1.807) is 6.20 Å². The van der Waals surface area contributed by atoms with Gasteiger partial charge in [0.05, 0.1) is 0 Å². The second-order valence-electron chi connectivity index (χ2n) is 2.57. The number of hydrogen-bond donors (Lipinski definition) is 2. The molecule has 1 aliphatic heterocycles.